The average Bonchev–Trinajstić information content (AvgIpc) is 3.10. The van der Waals surface area contributed by atoms with E-state index < -0.39 is 5.60 Å². The highest BCUT2D eigenvalue weighted by Crippen LogP contribution is 2.32. The van der Waals surface area contributed by atoms with Gasteiger partial charge in [-0.15, -0.1) is 5.10 Å². The summed E-state index contributed by atoms with van der Waals surface area (Å²) in [6, 6.07) is 9.00. The lowest BCUT2D eigenvalue weighted by atomic mass is 9.83. The second kappa shape index (κ2) is 8.06. The van der Waals surface area contributed by atoms with Crippen molar-refractivity contribution in [2.45, 2.75) is 63.0 Å². The number of hydrogen-bond donors (Lipinski definition) is 4. The molecule has 7 nitrogen and oxygen atoms in total. The molecule has 3 aliphatic heterocycles. The summed E-state index contributed by atoms with van der Waals surface area (Å²) in [6.45, 7) is 4.85. The summed E-state index contributed by atoms with van der Waals surface area (Å²) < 4.78 is 0. The Morgan fingerprint density at radius 3 is 2.61 bits per heavy atom. The number of nitrogens with two attached hydrogens (primary N) is 1. The van der Waals surface area contributed by atoms with E-state index in [0.717, 1.165) is 62.7 Å². The van der Waals surface area contributed by atoms with Gasteiger partial charge in [0.15, 0.2) is 6.29 Å². The van der Waals surface area contributed by atoms with Gasteiger partial charge in [0.1, 0.15) is 0 Å². The van der Waals surface area contributed by atoms with Crippen molar-refractivity contribution in [2.24, 2.45) is 10.8 Å². The first-order chi connectivity index (χ1) is 13.4. The molecule has 8 heteroatoms. The second-order valence-electron chi connectivity index (χ2n) is 8.58. The molecule has 0 saturated carbocycles. The monoisotopic (exact) mass is 406 g/mol. The van der Waals surface area contributed by atoms with Gasteiger partial charge in [-0.2, -0.15) is 0 Å². The lowest BCUT2D eigenvalue weighted by molar-refractivity contribution is -0.0532. The first-order valence-corrected chi connectivity index (χ1v) is 10.6. The Morgan fingerprint density at radius 1 is 1.25 bits per heavy atom. The summed E-state index contributed by atoms with van der Waals surface area (Å²) in [5.41, 5.74) is 9.34. The predicted molar refractivity (Wildman–Crippen MR) is 112 cm³/mol. The third-order valence-corrected chi connectivity index (χ3v) is 6.52. The van der Waals surface area contributed by atoms with Crippen LogP contribution >= 0.6 is 11.6 Å². The summed E-state index contributed by atoms with van der Waals surface area (Å²) in [6.07, 6.45) is 4.48. The van der Waals surface area contributed by atoms with E-state index in [-0.39, 0.29) is 6.29 Å². The highest BCUT2D eigenvalue weighted by Gasteiger charge is 2.39. The maximum Gasteiger partial charge on any atom is 0.219 e. The fourth-order valence-corrected chi connectivity index (χ4v) is 4.87. The third-order valence-electron chi connectivity index (χ3n) is 6.26. The van der Waals surface area contributed by atoms with Crippen LogP contribution in [0.15, 0.2) is 29.4 Å². The Balaban J connectivity index is 1.40. The molecule has 3 heterocycles. The van der Waals surface area contributed by atoms with Crippen molar-refractivity contribution in [2.75, 3.05) is 19.6 Å². The molecule has 2 saturated heterocycles. The van der Waals surface area contributed by atoms with Crippen LogP contribution in [0, 0.1) is 0 Å². The average molecular weight is 407 g/mol. The van der Waals surface area contributed by atoms with Crippen LogP contribution in [0.3, 0.4) is 0 Å². The van der Waals surface area contributed by atoms with Gasteiger partial charge in [0.2, 0.25) is 5.96 Å². The fraction of sp³-hybridized carbons (Fsp3) is 0.650. The topological polar surface area (TPSA) is 89.2 Å². The molecular weight excluding hydrogens is 376 g/mol. The molecule has 0 radical (unpaired) electrons. The van der Waals surface area contributed by atoms with Crippen molar-refractivity contribution in [3.05, 3.63) is 34.9 Å². The van der Waals surface area contributed by atoms with Crippen molar-refractivity contribution >= 4 is 17.6 Å². The van der Waals surface area contributed by atoms with Gasteiger partial charge in [0.05, 0.1) is 5.60 Å². The van der Waals surface area contributed by atoms with Crippen LogP contribution in [0.25, 0.3) is 0 Å². The van der Waals surface area contributed by atoms with Crippen LogP contribution in [-0.4, -0.2) is 64.5 Å². The van der Waals surface area contributed by atoms with Gasteiger partial charge in [0, 0.05) is 36.7 Å². The van der Waals surface area contributed by atoms with Crippen LogP contribution in [0.2, 0.25) is 5.02 Å². The molecule has 3 unspecified atom stereocenters. The van der Waals surface area contributed by atoms with Crippen LogP contribution in [-0.2, 0) is 6.42 Å². The van der Waals surface area contributed by atoms with Crippen molar-refractivity contribution in [3.8, 4) is 0 Å². The molecule has 0 aromatic heterocycles. The molecule has 0 spiro atoms. The molecule has 1 aromatic rings. The van der Waals surface area contributed by atoms with E-state index in [2.05, 4.69) is 37.8 Å². The molecule has 3 atom stereocenters. The normalized spacial score (nSPS) is 32.0. The Hall–Kier alpha value is -1.54. The van der Waals surface area contributed by atoms with E-state index in [9.17, 15) is 5.11 Å². The Bertz CT molecular complexity index is 701. The van der Waals surface area contributed by atoms with Crippen molar-refractivity contribution in [3.63, 3.8) is 0 Å². The molecule has 2 fully saturated rings. The first kappa shape index (κ1) is 19.8. The highest BCUT2D eigenvalue weighted by atomic mass is 35.5. The molecule has 154 valence electrons. The molecule has 3 aliphatic rings. The largest absolute Gasteiger partial charge is 0.390 e. The number of piperidine rings is 2. The number of halogens is 1. The van der Waals surface area contributed by atoms with Crippen molar-refractivity contribution in [1.29, 1.82) is 0 Å². The van der Waals surface area contributed by atoms with Gasteiger partial charge in [-0.1, -0.05) is 23.7 Å². The van der Waals surface area contributed by atoms with E-state index in [1.165, 1.54) is 5.56 Å². The van der Waals surface area contributed by atoms with E-state index in [0.29, 0.717) is 12.1 Å². The number of rotatable bonds is 3. The number of guanidine groups is 1. The zero-order valence-electron chi connectivity index (χ0n) is 16.4. The van der Waals surface area contributed by atoms with E-state index in [4.69, 9.17) is 17.3 Å². The standard InChI is InChI=1S/C20H31ClN6O/c1-20(28)8-11-27(17(13-20)12-14-2-4-15(21)5-3-14)16-6-9-26(10-7-16)19-23-18(22)24-25-19/h2-5,16-18,24,28H,6-13,22H2,1H3,(H,23,25). The summed E-state index contributed by atoms with van der Waals surface area (Å²) >= 11 is 6.04. The summed E-state index contributed by atoms with van der Waals surface area (Å²) in [7, 11) is 0. The number of benzene rings is 1. The van der Waals surface area contributed by atoms with Gasteiger partial charge < -0.3 is 15.3 Å². The number of hydrazone groups is 1. The zero-order chi connectivity index (χ0) is 19.7. The Morgan fingerprint density at radius 2 is 1.96 bits per heavy atom. The molecule has 4 rings (SSSR count). The highest BCUT2D eigenvalue weighted by molar-refractivity contribution is 6.30. The van der Waals surface area contributed by atoms with Crippen LogP contribution < -0.4 is 16.5 Å². The van der Waals surface area contributed by atoms with E-state index in [1.54, 1.807) is 0 Å². The summed E-state index contributed by atoms with van der Waals surface area (Å²) in [5, 5.41) is 18.9. The minimum Gasteiger partial charge on any atom is -0.390 e. The zero-order valence-corrected chi connectivity index (χ0v) is 17.2. The molecule has 28 heavy (non-hydrogen) atoms. The lowest BCUT2D eigenvalue weighted by Crippen LogP contribution is -2.57. The van der Waals surface area contributed by atoms with Crippen LogP contribution in [0.1, 0.15) is 38.2 Å². The smallest absolute Gasteiger partial charge is 0.219 e. The summed E-state index contributed by atoms with van der Waals surface area (Å²) in [5.74, 6) is 0.852. The molecule has 1 aromatic carbocycles. The number of nitrogens with one attached hydrogen (secondary N) is 2. The molecular formula is C20H31ClN6O. The minimum absolute atomic E-state index is 0.291. The van der Waals surface area contributed by atoms with Crippen LogP contribution in [0.5, 0.6) is 0 Å². The molecule has 0 aliphatic carbocycles. The maximum atomic E-state index is 10.7. The van der Waals surface area contributed by atoms with Gasteiger partial charge in [-0.25, -0.2) is 0 Å². The molecule has 5 N–H and O–H groups in total. The fourth-order valence-electron chi connectivity index (χ4n) is 4.75. The van der Waals surface area contributed by atoms with Crippen molar-refractivity contribution < 1.29 is 5.11 Å². The number of nitrogens with zero attached hydrogens (tertiary/aromatic N) is 3. The van der Waals surface area contributed by atoms with Gasteiger partial charge in [-0.3, -0.25) is 16.1 Å². The predicted octanol–water partition coefficient (Wildman–Crippen LogP) is 1.27. The number of aliphatic hydroxyl groups is 1. The minimum atomic E-state index is -0.585. The number of hydrogen-bond acceptors (Lipinski definition) is 7. The molecule has 0 amide bonds. The Labute approximate surface area is 171 Å². The van der Waals surface area contributed by atoms with Gasteiger partial charge in [0.25, 0.3) is 0 Å². The third kappa shape index (κ3) is 4.54. The molecule has 0 bridgehead atoms. The maximum absolute atomic E-state index is 10.7. The van der Waals surface area contributed by atoms with E-state index >= 15 is 0 Å². The van der Waals surface area contributed by atoms with E-state index in [1.807, 2.05) is 19.1 Å². The SMILES string of the molecule is CC1(O)CCN(C2CCN(C3=NNC(N)N3)CC2)C(Cc2ccc(Cl)cc2)C1. The van der Waals surface area contributed by atoms with Gasteiger partial charge >= 0.3 is 0 Å². The summed E-state index contributed by atoms with van der Waals surface area (Å²) in [4.78, 5) is 4.91. The van der Waals surface area contributed by atoms with Crippen LogP contribution in [0.4, 0.5) is 0 Å². The Kier molecular flexibility index (Phi) is 5.69. The quantitative estimate of drug-likeness (QED) is 0.604. The lowest BCUT2D eigenvalue weighted by Gasteiger charge is -2.48. The first-order valence-electron chi connectivity index (χ1n) is 10.2. The van der Waals surface area contributed by atoms with Gasteiger partial charge in [-0.05, 0) is 56.7 Å². The van der Waals surface area contributed by atoms with Crippen molar-refractivity contribution in [1.82, 2.24) is 20.5 Å². The second-order valence-corrected chi connectivity index (χ2v) is 9.01. The number of likely N-dealkylation sites (tertiary alicyclic amines) is 2.